The Morgan fingerprint density at radius 2 is 1.60 bits per heavy atom. The maximum atomic E-state index is 11.8. The van der Waals surface area contributed by atoms with Crippen molar-refractivity contribution in [3.63, 3.8) is 0 Å². The van der Waals surface area contributed by atoms with Crippen molar-refractivity contribution in [1.82, 2.24) is 5.43 Å². The fourth-order valence-electron chi connectivity index (χ4n) is 2.01. The average Bonchev–Trinajstić information content (AvgIpc) is 2.63. The first kappa shape index (κ1) is 18.4. The van der Waals surface area contributed by atoms with Gasteiger partial charge in [-0.15, -0.1) is 0 Å². The second-order valence-electron chi connectivity index (χ2n) is 4.78. The summed E-state index contributed by atoms with van der Waals surface area (Å²) < 4.78 is 15.7. The van der Waals surface area contributed by atoms with Crippen molar-refractivity contribution in [3.05, 3.63) is 47.0 Å². The van der Waals surface area contributed by atoms with Gasteiger partial charge in [-0.1, -0.05) is 11.6 Å². The van der Waals surface area contributed by atoms with E-state index in [4.69, 9.17) is 25.8 Å². The van der Waals surface area contributed by atoms with Crippen LogP contribution in [0.15, 0.2) is 41.5 Å². The topological polar surface area (TPSA) is 81.2 Å². The average molecular weight is 364 g/mol. The molecule has 2 aromatic rings. The quantitative estimate of drug-likeness (QED) is 0.607. The van der Waals surface area contributed by atoms with Gasteiger partial charge in [0.15, 0.2) is 11.5 Å². The molecule has 0 saturated carbocycles. The van der Waals surface area contributed by atoms with E-state index >= 15 is 0 Å². The van der Waals surface area contributed by atoms with E-state index in [2.05, 4.69) is 15.8 Å². The van der Waals surface area contributed by atoms with Crippen LogP contribution in [-0.4, -0.2) is 33.6 Å². The SMILES string of the molecule is COc1cc(OC)c(OC)cc1/C=N\NC(=O)Nc1ccc(Cl)cc1. The van der Waals surface area contributed by atoms with Crippen LogP contribution in [0, 0.1) is 0 Å². The maximum absolute atomic E-state index is 11.8. The van der Waals surface area contributed by atoms with Gasteiger partial charge in [-0.2, -0.15) is 5.10 Å². The molecule has 0 aromatic heterocycles. The number of amides is 2. The summed E-state index contributed by atoms with van der Waals surface area (Å²) in [6.07, 6.45) is 1.45. The summed E-state index contributed by atoms with van der Waals surface area (Å²) in [5.41, 5.74) is 3.59. The standard InChI is InChI=1S/C17H18ClN3O4/c1-23-14-9-16(25-3)15(24-2)8-11(14)10-19-21-17(22)20-13-6-4-12(18)5-7-13/h4-10H,1-3H3,(H2,20,21,22)/b19-10-. The second kappa shape index (κ2) is 8.79. The molecule has 2 rings (SSSR count). The van der Waals surface area contributed by atoms with Gasteiger partial charge < -0.3 is 19.5 Å². The molecule has 0 fully saturated rings. The summed E-state index contributed by atoms with van der Waals surface area (Å²) >= 11 is 5.79. The minimum Gasteiger partial charge on any atom is -0.496 e. The number of anilines is 1. The number of rotatable bonds is 6. The zero-order valence-electron chi connectivity index (χ0n) is 14.0. The Hall–Kier alpha value is -2.93. The molecular weight excluding hydrogens is 346 g/mol. The first-order valence-corrected chi connectivity index (χ1v) is 7.60. The minimum atomic E-state index is -0.488. The van der Waals surface area contributed by atoms with Crippen LogP contribution in [0.3, 0.4) is 0 Å². The summed E-state index contributed by atoms with van der Waals surface area (Å²) in [6.45, 7) is 0. The Labute approximate surface area is 150 Å². The first-order valence-electron chi connectivity index (χ1n) is 7.23. The molecule has 0 aliphatic carbocycles. The number of carbonyl (C=O) groups is 1. The van der Waals surface area contributed by atoms with Crippen LogP contribution in [0.4, 0.5) is 10.5 Å². The number of methoxy groups -OCH3 is 3. The van der Waals surface area contributed by atoms with Crippen LogP contribution >= 0.6 is 11.6 Å². The van der Waals surface area contributed by atoms with Crippen LogP contribution in [0.25, 0.3) is 0 Å². The van der Waals surface area contributed by atoms with Crippen LogP contribution in [-0.2, 0) is 0 Å². The molecule has 2 N–H and O–H groups in total. The number of halogens is 1. The van der Waals surface area contributed by atoms with Crippen molar-refractivity contribution in [3.8, 4) is 17.2 Å². The molecule has 0 spiro atoms. The van der Waals surface area contributed by atoms with Crippen molar-refractivity contribution in [2.24, 2.45) is 5.10 Å². The van der Waals surface area contributed by atoms with Gasteiger partial charge in [0.2, 0.25) is 0 Å². The Bertz CT molecular complexity index is 763. The lowest BCUT2D eigenvalue weighted by Crippen LogP contribution is -2.24. The summed E-state index contributed by atoms with van der Waals surface area (Å²) in [7, 11) is 4.59. The molecule has 25 heavy (non-hydrogen) atoms. The Balaban J connectivity index is 2.05. The van der Waals surface area contributed by atoms with Gasteiger partial charge in [-0.25, -0.2) is 10.2 Å². The molecule has 132 valence electrons. The molecule has 8 heteroatoms. The lowest BCUT2D eigenvalue weighted by molar-refractivity contribution is 0.252. The monoisotopic (exact) mass is 363 g/mol. The van der Waals surface area contributed by atoms with Crippen LogP contribution in [0.2, 0.25) is 5.02 Å². The molecule has 0 radical (unpaired) electrons. The number of urea groups is 1. The van der Waals surface area contributed by atoms with E-state index < -0.39 is 6.03 Å². The third kappa shape index (κ3) is 5.02. The largest absolute Gasteiger partial charge is 0.496 e. The Morgan fingerprint density at radius 1 is 1.00 bits per heavy atom. The minimum absolute atomic E-state index is 0.488. The summed E-state index contributed by atoms with van der Waals surface area (Å²) in [5, 5.41) is 7.12. The number of benzene rings is 2. The number of nitrogens with one attached hydrogen (secondary N) is 2. The van der Waals surface area contributed by atoms with E-state index in [1.807, 2.05) is 0 Å². The van der Waals surface area contributed by atoms with Crippen LogP contribution in [0.1, 0.15) is 5.56 Å². The molecule has 0 unspecified atom stereocenters. The molecule has 0 aliphatic rings. The van der Waals surface area contributed by atoms with Crippen molar-refractivity contribution in [2.45, 2.75) is 0 Å². The van der Waals surface area contributed by atoms with E-state index in [0.717, 1.165) is 0 Å². The predicted octanol–water partition coefficient (Wildman–Crippen LogP) is 3.52. The molecule has 7 nitrogen and oxygen atoms in total. The van der Waals surface area contributed by atoms with E-state index in [1.54, 1.807) is 36.4 Å². The smallest absolute Gasteiger partial charge is 0.339 e. The van der Waals surface area contributed by atoms with Gasteiger partial charge in [0, 0.05) is 22.3 Å². The zero-order valence-corrected chi connectivity index (χ0v) is 14.8. The number of ether oxygens (including phenoxy) is 3. The van der Waals surface area contributed by atoms with Gasteiger partial charge in [0.25, 0.3) is 0 Å². The molecule has 2 aromatic carbocycles. The van der Waals surface area contributed by atoms with Gasteiger partial charge in [0.05, 0.1) is 27.5 Å². The Morgan fingerprint density at radius 3 is 2.20 bits per heavy atom. The number of hydrogen-bond donors (Lipinski definition) is 2. The van der Waals surface area contributed by atoms with Gasteiger partial charge >= 0.3 is 6.03 Å². The second-order valence-corrected chi connectivity index (χ2v) is 5.22. The fraction of sp³-hybridized carbons (Fsp3) is 0.176. The highest BCUT2D eigenvalue weighted by molar-refractivity contribution is 6.30. The van der Waals surface area contributed by atoms with Crippen LogP contribution in [0.5, 0.6) is 17.2 Å². The molecule has 0 heterocycles. The molecule has 0 saturated heterocycles. The Kier molecular flexibility index (Phi) is 6.47. The van der Waals surface area contributed by atoms with E-state index in [1.165, 1.54) is 27.5 Å². The fourth-order valence-corrected chi connectivity index (χ4v) is 2.13. The molecule has 0 atom stereocenters. The van der Waals surface area contributed by atoms with Crippen molar-refractivity contribution < 1.29 is 19.0 Å². The molecule has 0 bridgehead atoms. The molecular formula is C17H18ClN3O4. The number of nitrogens with zero attached hydrogens (tertiary/aromatic N) is 1. The highest BCUT2D eigenvalue weighted by Gasteiger charge is 2.10. The summed E-state index contributed by atoms with van der Waals surface area (Å²) in [6, 6.07) is 9.60. The van der Waals surface area contributed by atoms with E-state index in [-0.39, 0.29) is 0 Å². The summed E-state index contributed by atoms with van der Waals surface area (Å²) in [5.74, 6) is 1.58. The van der Waals surface area contributed by atoms with E-state index in [9.17, 15) is 4.79 Å². The zero-order chi connectivity index (χ0) is 18.2. The third-order valence-corrected chi connectivity index (χ3v) is 3.46. The molecule has 0 aliphatic heterocycles. The lowest BCUT2D eigenvalue weighted by Gasteiger charge is -2.11. The number of carbonyl (C=O) groups excluding carboxylic acids is 1. The lowest BCUT2D eigenvalue weighted by atomic mass is 10.2. The van der Waals surface area contributed by atoms with Crippen molar-refractivity contribution in [2.75, 3.05) is 26.6 Å². The first-order chi connectivity index (χ1) is 12.1. The van der Waals surface area contributed by atoms with Crippen molar-refractivity contribution in [1.29, 1.82) is 0 Å². The third-order valence-electron chi connectivity index (χ3n) is 3.21. The van der Waals surface area contributed by atoms with Gasteiger partial charge in [-0.05, 0) is 30.3 Å². The predicted molar refractivity (Wildman–Crippen MR) is 97.3 cm³/mol. The van der Waals surface area contributed by atoms with Crippen molar-refractivity contribution >= 4 is 29.5 Å². The molecule has 2 amide bonds. The number of hydrogen-bond acceptors (Lipinski definition) is 5. The van der Waals surface area contributed by atoms with E-state index in [0.29, 0.717) is 33.5 Å². The summed E-state index contributed by atoms with van der Waals surface area (Å²) in [4.78, 5) is 11.8. The highest BCUT2D eigenvalue weighted by atomic mass is 35.5. The normalized spacial score (nSPS) is 10.4. The number of hydrazone groups is 1. The van der Waals surface area contributed by atoms with Gasteiger partial charge in [-0.3, -0.25) is 0 Å². The highest BCUT2D eigenvalue weighted by Crippen LogP contribution is 2.33. The maximum Gasteiger partial charge on any atom is 0.339 e. The van der Waals surface area contributed by atoms with Crippen LogP contribution < -0.4 is 25.0 Å². The van der Waals surface area contributed by atoms with Gasteiger partial charge in [0.1, 0.15) is 5.75 Å².